The Balaban J connectivity index is 2.69. The smallest absolute Gasteiger partial charge is 0.239 e. The topological polar surface area (TPSA) is 60.2 Å². The third-order valence-corrected chi connectivity index (χ3v) is 1.86. The molecule has 1 aromatic heterocycles. The summed E-state index contributed by atoms with van der Waals surface area (Å²) >= 11 is 0. The maximum absolute atomic E-state index is 5.72. The lowest BCUT2D eigenvalue weighted by Gasteiger charge is -2.11. The number of pyridine rings is 1. The molecule has 0 fully saturated rings. The van der Waals surface area contributed by atoms with Crippen molar-refractivity contribution < 1.29 is 4.74 Å². The first kappa shape index (κ1) is 11.6. The van der Waals surface area contributed by atoms with Crippen LogP contribution in [0.4, 0.5) is 11.5 Å². The first-order valence-electron chi connectivity index (χ1n) is 5.26. The van der Waals surface area contributed by atoms with E-state index in [1.807, 2.05) is 13.0 Å². The zero-order chi connectivity index (χ0) is 11.3. The zero-order valence-electron chi connectivity index (χ0n) is 9.58. The minimum Gasteiger partial charge on any atom is -0.476 e. The van der Waals surface area contributed by atoms with Gasteiger partial charge in [0.2, 0.25) is 5.88 Å². The van der Waals surface area contributed by atoms with Crippen LogP contribution in [0.3, 0.4) is 0 Å². The molecule has 0 spiro atoms. The lowest BCUT2D eigenvalue weighted by Crippen LogP contribution is -2.10. The van der Waals surface area contributed by atoms with Gasteiger partial charge in [0.1, 0.15) is 5.82 Å². The van der Waals surface area contributed by atoms with Crippen LogP contribution in [-0.4, -0.2) is 18.1 Å². The standard InChI is InChI=1S/C11H19N3O/c1-4-15-11-9(12)5-6-10(14-11)13-7-8(2)3/h5-6,8H,4,7,12H2,1-3H3,(H,13,14). The number of nitrogens with two attached hydrogens (primary N) is 1. The summed E-state index contributed by atoms with van der Waals surface area (Å²) in [6, 6.07) is 3.67. The SMILES string of the molecule is CCOc1nc(NCC(C)C)ccc1N. The molecule has 1 heterocycles. The highest BCUT2D eigenvalue weighted by atomic mass is 16.5. The van der Waals surface area contributed by atoms with Gasteiger partial charge >= 0.3 is 0 Å². The summed E-state index contributed by atoms with van der Waals surface area (Å²) in [5.74, 6) is 1.90. The molecule has 0 aliphatic rings. The van der Waals surface area contributed by atoms with Crippen LogP contribution in [0, 0.1) is 5.92 Å². The number of ether oxygens (including phenoxy) is 1. The lowest BCUT2D eigenvalue weighted by molar-refractivity contribution is 0.329. The van der Waals surface area contributed by atoms with Crippen molar-refractivity contribution in [3.8, 4) is 5.88 Å². The Morgan fingerprint density at radius 3 is 2.80 bits per heavy atom. The van der Waals surface area contributed by atoms with Gasteiger partial charge < -0.3 is 15.8 Å². The molecule has 0 aliphatic heterocycles. The van der Waals surface area contributed by atoms with Crippen molar-refractivity contribution in [2.24, 2.45) is 5.92 Å². The van der Waals surface area contributed by atoms with Crippen molar-refractivity contribution in [3.63, 3.8) is 0 Å². The van der Waals surface area contributed by atoms with Gasteiger partial charge in [0.05, 0.1) is 12.3 Å². The summed E-state index contributed by atoms with van der Waals surface area (Å²) in [4.78, 5) is 4.28. The fourth-order valence-electron chi connectivity index (χ4n) is 1.11. The molecule has 15 heavy (non-hydrogen) atoms. The zero-order valence-corrected chi connectivity index (χ0v) is 9.58. The van der Waals surface area contributed by atoms with Crippen LogP contribution in [0.25, 0.3) is 0 Å². The van der Waals surface area contributed by atoms with Crippen molar-refractivity contribution in [3.05, 3.63) is 12.1 Å². The van der Waals surface area contributed by atoms with Crippen molar-refractivity contribution in [1.29, 1.82) is 0 Å². The third kappa shape index (κ3) is 3.65. The molecule has 4 heteroatoms. The van der Waals surface area contributed by atoms with Gasteiger partial charge in [-0.3, -0.25) is 0 Å². The first-order valence-corrected chi connectivity index (χ1v) is 5.26. The van der Waals surface area contributed by atoms with E-state index in [-0.39, 0.29) is 0 Å². The molecular weight excluding hydrogens is 190 g/mol. The summed E-state index contributed by atoms with van der Waals surface area (Å²) < 4.78 is 5.31. The molecule has 0 saturated carbocycles. The number of hydrogen-bond acceptors (Lipinski definition) is 4. The predicted molar refractivity (Wildman–Crippen MR) is 63.1 cm³/mol. The van der Waals surface area contributed by atoms with Gasteiger partial charge in [0, 0.05) is 6.54 Å². The predicted octanol–water partition coefficient (Wildman–Crippen LogP) is 2.13. The van der Waals surface area contributed by atoms with E-state index in [4.69, 9.17) is 10.5 Å². The van der Waals surface area contributed by atoms with E-state index in [9.17, 15) is 0 Å². The number of aromatic nitrogens is 1. The second-order valence-electron chi connectivity index (χ2n) is 3.80. The third-order valence-electron chi connectivity index (χ3n) is 1.86. The Labute approximate surface area is 90.8 Å². The van der Waals surface area contributed by atoms with Gasteiger partial charge in [-0.25, -0.2) is 0 Å². The summed E-state index contributed by atoms with van der Waals surface area (Å²) in [6.45, 7) is 7.67. The van der Waals surface area contributed by atoms with Crippen LogP contribution < -0.4 is 15.8 Å². The molecule has 0 unspecified atom stereocenters. The van der Waals surface area contributed by atoms with E-state index in [1.165, 1.54) is 0 Å². The van der Waals surface area contributed by atoms with Crippen LogP contribution in [0.1, 0.15) is 20.8 Å². The number of anilines is 2. The van der Waals surface area contributed by atoms with Crippen molar-refractivity contribution in [2.75, 3.05) is 24.2 Å². The lowest BCUT2D eigenvalue weighted by atomic mass is 10.2. The maximum Gasteiger partial charge on any atom is 0.239 e. The van der Waals surface area contributed by atoms with Crippen molar-refractivity contribution in [2.45, 2.75) is 20.8 Å². The number of nitrogens with zero attached hydrogens (tertiary/aromatic N) is 1. The Bertz CT molecular complexity index is 313. The Hall–Kier alpha value is -1.45. The van der Waals surface area contributed by atoms with Gasteiger partial charge in [0.15, 0.2) is 0 Å². The molecule has 0 aromatic carbocycles. The van der Waals surface area contributed by atoms with E-state index < -0.39 is 0 Å². The van der Waals surface area contributed by atoms with Gasteiger partial charge in [0.25, 0.3) is 0 Å². The van der Waals surface area contributed by atoms with Crippen LogP contribution in [0.2, 0.25) is 0 Å². The molecule has 0 atom stereocenters. The molecule has 3 N–H and O–H groups in total. The fourth-order valence-corrected chi connectivity index (χ4v) is 1.11. The summed E-state index contributed by atoms with van der Waals surface area (Å²) in [5.41, 5.74) is 6.29. The second kappa shape index (κ2) is 5.44. The van der Waals surface area contributed by atoms with Crippen LogP contribution in [0.5, 0.6) is 5.88 Å². The number of nitrogens with one attached hydrogen (secondary N) is 1. The molecule has 0 amide bonds. The largest absolute Gasteiger partial charge is 0.476 e. The maximum atomic E-state index is 5.72. The molecule has 0 radical (unpaired) electrons. The first-order chi connectivity index (χ1) is 7.13. The molecular formula is C11H19N3O. The van der Waals surface area contributed by atoms with Crippen LogP contribution in [0.15, 0.2) is 12.1 Å². The highest BCUT2D eigenvalue weighted by molar-refractivity contribution is 5.53. The Morgan fingerprint density at radius 1 is 1.47 bits per heavy atom. The summed E-state index contributed by atoms with van der Waals surface area (Å²) in [5, 5.41) is 3.22. The second-order valence-corrected chi connectivity index (χ2v) is 3.80. The quantitative estimate of drug-likeness (QED) is 0.780. The molecule has 1 rings (SSSR count). The van der Waals surface area contributed by atoms with Gasteiger partial charge in [-0.05, 0) is 25.0 Å². The fraction of sp³-hybridized carbons (Fsp3) is 0.545. The van der Waals surface area contributed by atoms with E-state index in [2.05, 4.69) is 24.1 Å². The minimum atomic E-state index is 0.506. The molecule has 0 bridgehead atoms. The number of hydrogen-bond donors (Lipinski definition) is 2. The Morgan fingerprint density at radius 2 is 2.20 bits per heavy atom. The number of nitrogen functional groups attached to an aromatic ring is 1. The Kier molecular flexibility index (Phi) is 4.21. The number of rotatable bonds is 5. The highest BCUT2D eigenvalue weighted by Crippen LogP contribution is 2.20. The minimum absolute atomic E-state index is 0.506. The van der Waals surface area contributed by atoms with E-state index in [0.717, 1.165) is 12.4 Å². The summed E-state index contributed by atoms with van der Waals surface area (Å²) in [6.07, 6.45) is 0. The van der Waals surface area contributed by atoms with Gasteiger partial charge in [-0.15, -0.1) is 0 Å². The summed E-state index contributed by atoms with van der Waals surface area (Å²) in [7, 11) is 0. The van der Waals surface area contributed by atoms with Gasteiger partial charge in [-0.1, -0.05) is 13.8 Å². The highest BCUT2D eigenvalue weighted by Gasteiger charge is 2.03. The molecule has 0 saturated heterocycles. The average Bonchev–Trinajstić information content (AvgIpc) is 2.19. The van der Waals surface area contributed by atoms with Crippen molar-refractivity contribution >= 4 is 11.5 Å². The van der Waals surface area contributed by atoms with Crippen LogP contribution >= 0.6 is 0 Å². The molecule has 84 valence electrons. The van der Waals surface area contributed by atoms with Crippen LogP contribution in [-0.2, 0) is 0 Å². The van der Waals surface area contributed by atoms with Crippen molar-refractivity contribution in [1.82, 2.24) is 4.98 Å². The molecule has 1 aromatic rings. The van der Waals surface area contributed by atoms with E-state index in [1.54, 1.807) is 6.07 Å². The normalized spacial score (nSPS) is 10.4. The van der Waals surface area contributed by atoms with Gasteiger partial charge in [-0.2, -0.15) is 4.98 Å². The molecule has 0 aliphatic carbocycles. The van der Waals surface area contributed by atoms with E-state index >= 15 is 0 Å². The van der Waals surface area contributed by atoms with E-state index in [0.29, 0.717) is 24.1 Å². The monoisotopic (exact) mass is 209 g/mol. The average molecular weight is 209 g/mol. The molecule has 4 nitrogen and oxygen atoms in total.